The van der Waals surface area contributed by atoms with Crippen molar-refractivity contribution in [1.82, 2.24) is 5.32 Å². The zero-order valence-electron chi connectivity index (χ0n) is 9.26. The first-order valence-electron chi connectivity index (χ1n) is 5.18. The summed E-state index contributed by atoms with van der Waals surface area (Å²) in [7, 11) is -3.23. The van der Waals surface area contributed by atoms with Gasteiger partial charge in [-0.05, 0) is 19.1 Å². The lowest BCUT2D eigenvalue weighted by atomic mass is 10.4. The standard InChI is InChI=1S/C11H17NO3S/c1-10(12-7-8-13)9-16(14,15)11-5-3-2-4-6-11/h2-6,10,12-13H,7-9H2,1H3. The molecule has 16 heavy (non-hydrogen) atoms. The maximum Gasteiger partial charge on any atom is 0.179 e. The Morgan fingerprint density at radius 3 is 2.50 bits per heavy atom. The van der Waals surface area contributed by atoms with Crippen LogP contribution in [-0.4, -0.2) is 38.5 Å². The van der Waals surface area contributed by atoms with Gasteiger partial charge in [0.1, 0.15) is 0 Å². The number of sulfone groups is 1. The third-order valence-corrected chi connectivity index (χ3v) is 4.11. The van der Waals surface area contributed by atoms with Crippen molar-refractivity contribution in [3.63, 3.8) is 0 Å². The fourth-order valence-electron chi connectivity index (χ4n) is 1.42. The van der Waals surface area contributed by atoms with Gasteiger partial charge in [-0.25, -0.2) is 8.42 Å². The van der Waals surface area contributed by atoms with E-state index in [1.807, 2.05) is 0 Å². The van der Waals surface area contributed by atoms with E-state index in [0.717, 1.165) is 0 Å². The minimum atomic E-state index is -3.23. The van der Waals surface area contributed by atoms with Gasteiger partial charge in [0.15, 0.2) is 9.84 Å². The largest absolute Gasteiger partial charge is 0.395 e. The molecule has 5 heteroatoms. The van der Waals surface area contributed by atoms with Crippen molar-refractivity contribution in [3.8, 4) is 0 Å². The maximum atomic E-state index is 11.9. The Kier molecular flexibility index (Phi) is 4.92. The van der Waals surface area contributed by atoms with Crippen LogP contribution in [0.5, 0.6) is 0 Å². The van der Waals surface area contributed by atoms with Crippen LogP contribution in [0.15, 0.2) is 35.2 Å². The van der Waals surface area contributed by atoms with Crippen molar-refractivity contribution in [2.75, 3.05) is 18.9 Å². The van der Waals surface area contributed by atoms with Crippen LogP contribution in [0.2, 0.25) is 0 Å². The molecule has 1 aromatic rings. The molecule has 1 unspecified atom stereocenters. The second-order valence-corrected chi connectivity index (χ2v) is 5.71. The van der Waals surface area contributed by atoms with Crippen LogP contribution in [0.3, 0.4) is 0 Å². The average Bonchev–Trinajstić information content (AvgIpc) is 2.27. The molecule has 2 N–H and O–H groups in total. The predicted molar refractivity (Wildman–Crippen MR) is 63.0 cm³/mol. The van der Waals surface area contributed by atoms with E-state index in [2.05, 4.69) is 5.32 Å². The van der Waals surface area contributed by atoms with E-state index in [0.29, 0.717) is 11.4 Å². The van der Waals surface area contributed by atoms with Crippen molar-refractivity contribution in [2.45, 2.75) is 17.9 Å². The number of nitrogens with one attached hydrogen (secondary N) is 1. The highest BCUT2D eigenvalue weighted by atomic mass is 32.2. The van der Waals surface area contributed by atoms with Gasteiger partial charge in [-0.1, -0.05) is 18.2 Å². The van der Waals surface area contributed by atoms with E-state index >= 15 is 0 Å². The molecule has 1 rings (SSSR count). The molecule has 0 fully saturated rings. The zero-order valence-corrected chi connectivity index (χ0v) is 10.1. The van der Waals surface area contributed by atoms with Crippen LogP contribution in [0.1, 0.15) is 6.92 Å². The first-order valence-corrected chi connectivity index (χ1v) is 6.83. The molecule has 1 aromatic carbocycles. The summed E-state index contributed by atoms with van der Waals surface area (Å²) in [4.78, 5) is 0.340. The van der Waals surface area contributed by atoms with Gasteiger partial charge in [0.25, 0.3) is 0 Å². The lowest BCUT2D eigenvalue weighted by Gasteiger charge is -2.13. The Morgan fingerprint density at radius 1 is 1.31 bits per heavy atom. The van der Waals surface area contributed by atoms with Gasteiger partial charge in [0, 0.05) is 12.6 Å². The molecule has 0 amide bonds. The Balaban J connectivity index is 2.66. The molecule has 4 nitrogen and oxygen atoms in total. The van der Waals surface area contributed by atoms with Crippen molar-refractivity contribution in [3.05, 3.63) is 30.3 Å². The highest BCUT2D eigenvalue weighted by Gasteiger charge is 2.17. The number of aliphatic hydroxyl groups is 1. The highest BCUT2D eigenvalue weighted by Crippen LogP contribution is 2.10. The van der Waals surface area contributed by atoms with E-state index in [1.165, 1.54) is 0 Å². The summed E-state index contributed by atoms with van der Waals surface area (Å²) in [6.07, 6.45) is 0. The summed E-state index contributed by atoms with van der Waals surface area (Å²) in [6, 6.07) is 8.21. The van der Waals surface area contributed by atoms with E-state index in [9.17, 15) is 8.42 Å². The fraction of sp³-hybridized carbons (Fsp3) is 0.455. The van der Waals surface area contributed by atoms with E-state index in [4.69, 9.17) is 5.11 Å². The maximum absolute atomic E-state index is 11.9. The van der Waals surface area contributed by atoms with Crippen LogP contribution in [0.25, 0.3) is 0 Å². The highest BCUT2D eigenvalue weighted by molar-refractivity contribution is 7.91. The summed E-state index contributed by atoms with van der Waals surface area (Å²) in [5.41, 5.74) is 0. The molecular formula is C11H17NO3S. The topological polar surface area (TPSA) is 66.4 Å². The molecule has 0 aliphatic carbocycles. The number of hydrogen-bond acceptors (Lipinski definition) is 4. The predicted octanol–water partition coefficient (Wildman–Crippen LogP) is 0.431. The minimum absolute atomic E-state index is 0.00965. The second kappa shape index (κ2) is 5.98. The SMILES string of the molecule is CC(CS(=O)(=O)c1ccccc1)NCCO. The van der Waals surface area contributed by atoms with E-state index in [-0.39, 0.29) is 18.4 Å². The molecule has 0 heterocycles. The Hall–Kier alpha value is -0.910. The number of aliphatic hydroxyl groups excluding tert-OH is 1. The molecule has 0 aliphatic heterocycles. The summed E-state index contributed by atoms with van der Waals surface area (Å²) < 4.78 is 23.8. The van der Waals surface area contributed by atoms with Gasteiger partial charge in [-0.2, -0.15) is 0 Å². The first kappa shape index (κ1) is 13.2. The second-order valence-electron chi connectivity index (χ2n) is 3.67. The van der Waals surface area contributed by atoms with Crippen LogP contribution in [0.4, 0.5) is 0 Å². The number of hydrogen-bond donors (Lipinski definition) is 2. The summed E-state index contributed by atoms with van der Waals surface area (Å²) in [5, 5.41) is 11.5. The van der Waals surface area contributed by atoms with Gasteiger partial charge in [0.05, 0.1) is 17.3 Å². The van der Waals surface area contributed by atoms with Crippen LogP contribution < -0.4 is 5.32 Å². The lowest BCUT2D eigenvalue weighted by Crippen LogP contribution is -2.34. The Bertz CT molecular complexity index is 402. The molecular weight excluding hydrogens is 226 g/mol. The summed E-state index contributed by atoms with van der Waals surface area (Å²) >= 11 is 0. The molecule has 90 valence electrons. The molecule has 0 aromatic heterocycles. The molecule has 1 atom stereocenters. The zero-order chi connectivity index (χ0) is 12.0. The van der Waals surface area contributed by atoms with Crippen molar-refractivity contribution >= 4 is 9.84 Å². The molecule has 0 aliphatic rings. The normalized spacial score (nSPS) is 13.6. The van der Waals surface area contributed by atoms with Gasteiger partial charge in [-0.3, -0.25) is 0 Å². The molecule has 0 saturated heterocycles. The smallest absolute Gasteiger partial charge is 0.179 e. The molecule has 0 bridgehead atoms. The summed E-state index contributed by atoms with van der Waals surface area (Å²) in [6.45, 7) is 2.21. The van der Waals surface area contributed by atoms with Crippen LogP contribution in [-0.2, 0) is 9.84 Å². The molecule has 0 spiro atoms. The van der Waals surface area contributed by atoms with E-state index in [1.54, 1.807) is 37.3 Å². The van der Waals surface area contributed by atoms with Gasteiger partial charge >= 0.3 is 0 Å². The van der Waals surface area contributed by atoms with Gasteiger partial charge in [0.2, 0.25) is 0 Å². The van der Waals surface area contributed by atoms with Crippen molar-refractivity contribution < 1.29 is 13.5 Å². The molecule has 0 radical (unpaired) electrons. The third kappa shape index (κ3) is 3.92. The van der Waals surface area contributed by atoms with Crippen molar-refractivity contribution in [1.29, 1.82) is 0 Å². The fourth-order valence-corrected chi connectivity index (χ4v) is 2.96. The van der Waals surface area contributed by atoms with Crippen LogP contribution in [0, 0.1) is 0 Å². The Labute approximate surface area is 96.2 Å². The van der Waals surface area contributed by atoms with Crippen molar-refractivity contribution in [2.24, 2.45) is 0 Å². The summed E-state index contributed by atoms with van der Waals surface area (Å²) in [5.74, 6) is 0.0387. The average molecular weight is 243 g/mol. The van der Waals surface area contributed by atoms with E-state index < -0.39 is 9.84 Å². The third-order valence-electron chi connectivity index (χ3n) is 2.18. The monoisotopic (exact) mass is 243 g/mol. The number of benzene rings is 1. The van der Waals surface area contributed by atoms with Crippen LogP contribution >= 0.6 is 0 Å². The lowest BCUT2D eigenvalue weighted by molar-refractivity contribution is 0.287. The quantitative estimate of drug-likeness (QED) is 0.760. The Morgan fingerprint density at radius 2 is 1.94 bits per heavy atom. The first-order chi connectivity index (χ1) is 7.56. The minimum Gasteiger partial charge on any atom is -0.395 e. The number of rotatable bonds is 6. The van der Waals surface area contributed by atoms with Gasteiger partial charge in [-0.15, -0.1) is 0 Å². The van der Waals surface area contributed by atoms with Gasteiger partial charge < -0.3 is 10.4 Å². The molecule has 0 saturated carbocycles.